The summed E-state index contributed by atoms with van der Waals surface area (Å²) in [5, 5.41) is 8.32. The average Bonchev–Trinajstić information content (AvgIpc) is 2.14. The molecule has 1 rings (SSSR count). The van der Waals surface area contributed by atoms with Crippen LogP contribution < -0.4 is 11.5 Å². The fraction of sp³-hybridized carbons (Fsp3) is 0.182. The highest BCUT2D eigenvalue weighted by molar-refractivity contribution is 5.67. The van der Waals surface area contributed by atoms with E-state index in [9.17, 15) is 0 Å². The molecule has 0 aromatic heterocycles. The van der Waals surface area contributed by atoms with E-state index >= 15 is 0 Å². The van der Waals surface area contributed by atoms with Crippen molar-refractivity contribution in [3.05, 3.63) is 23.3 Å². The Balaban J connectivity index is 3.07. The third kappa shape index (κ3) is 2.18. The monoisotopic (exact) mass is 185 g/mol. The molecule has 0 unspecified atom stereocenters. The second-order valence-electron chi connectivity index (χ2n) is 2.93. The van der Waals surface area contributed by atoms with Crippen LogP contribution in [0.1, 0.15) is 17.5 Å². The molecule has 14 heavy (non-hydrogen) atoms. The molecule has 70 valence electrons. The maximum Gasteiger partial charge on any atom is 0.0966 e. The number of nitrogen functional groups attached to an aromatic ring is 2. The molecule has 0 saturated heterocycles. The second kappa shape index (κ2) is 4.20. The Hall–Kier alpha value is -2.13. The number of nitrogens with zero attached hydrogens (tertiary/aromatic N) is 1. The molecule has 0 aliphatic heterocycles. The van der Waals surface area contributed by atoms with Gasteiger partial charge in [0.05, 0.1) is 23.9 Å². The molecule has 0 aliphatic rings. The molecule has 0 aliphatic carbocycles. The Morgan fingerprint density at radius 2 is 1.93 bits per heavy atom. The van der Waals surface area contributed by atoms with E-state index in [1.165, 1.54) is 0 Å². The van der Waals surface area contributed by atoms with Crippen LogP contribution in [0.2, 0.25) is 0 Å². The fourth-order valence-corrected chi connectivity index (χ4v) is 1.06. The third-order valence-electron chi connectivity index (χ3n) is 1.82. The second-order valence-corrected chi connectivity index (χ2v) is 2.93. The Kier molecular flexibility index (Phi) is 2.99. The molecule has 0 heterocycles. The van der Waals surface area contributed by atoms with E-state index < -0.39 is 0 Å². The van der Waals surface area contributed by atoms with Crippen LogP contribution in [0.4, 0.5) is 11.4 Å². The first-order chi connectivity index (χ1) is 6.65. The number of rotatable bonds is 0. The number of nitrogens with two attached hydrogens (primary N) is 2. The van der Waals surface area contributed by atoms with Crippen LogP contribution in [-0.2, 0) is 0 Å². The number of aryl methyl sites for hydroxylation is 1. The Morgan fingerprint density at radius 1 is 1.29 bits per heavy atom. The van der Waals surface area contributed by atoms with Crippen molar-refractivity contribution in [2.24, 2.45) is 0 Å². The van der Waals surface area contributed by atoms with E-state index in [4.69, 9.17) is 16.7 Å². The molecule has 0 bridgehead atoms. The summed E-state index contributed by atoms with van der Waals surface area (Å²) in [6.07, 6.45) is 0.226. The van der Waals surface area contributed by atoms with Crippen molar-refractivity contribution in [2.45, 2.75) is 13.3 Å². The number of hydrogen-bond acceptors (Lipinski definition) is 3. The van der Waals surface area contributed by atoms with E-state index in [1.807, 2.05) is 13.0 Å². The molecular weight excluding hydrogens is 174 g/mol. The first-order valence-corrected chi connectivity index (χ1v) is 4.16. The van der Waals surface area contributed by atoms with Gasteiger partial charge in [0.1, 0.15) is 0 Å². The van der Waals surface area contributed by atoms with Crippen LogP contribution in [0.3, 0.4) is 0 Å². The lowest BCUT2D eigenvalue weighted by Gasteiger charge is -2.03. The Bertz CT molecular complexity index is 444. The molecule has 1 aromatic rings. The Morgan fingerprint density at radius 3 is 2.57 bits per heavy atom. The highest BCUT2D eigenvalue weighted by Gasteiger charge is 1.99. The third-order valence-corrected chi connectivity index (χ3v) is 1.82. The minimum Gasteiger partial charge on any atom is -0.397 e. The van der Waals surface area contributed by atoms with Gasteiger partial charge in [-0.3, -0.25) is 0 Å². The molecule has 3 heteroatoms. The van der Waals surface area contributed by atoms with Gasteiger partial charge >= 0.3 is 0 Å². The van der Waals surface area contributed by atoms with Crippen LogP contribution in [0.15, 0.2) is 12.1 Å². The predicted molar refractivity (Wildman–Crippen MR) is 57.1 cm³/mol. The van der Waals surface area contributed by atoms with Crippen molar-refractivity contribution in [1.29, 1.82) is 5.26 Å². The largest absolute Gasteiger partial charge is 0.397 e. The van der Waals surface area contributed by atoms with Gasteiger partial charge in [0, 0.05) is 5.56 Å². The van der Waals surface area contributed by atoms with Crippen LogP contribution in [0.25, 0.3) is 0 Å². The highest BCUT2D eigenvalue weighted by Crippen LogP contribution is 2.19. The predicted octanol–water partition coefficient (Wildman–Crippen LogP) is 1.42. The van der Waals surface area contributed by atoms with E-state index in [2.05, 4.69) is 11.8 Å². The highest BCUT2D eigenvalue weighted by atomic mass is 14.7. The van der Waals surface area contributed by atoms with Crippen LogP contribution in [-0.4, -0.2) is 0 Å². The number of hydrogen-bond donors (Lipinski definition) is 2. The lowest BCUT2D eigenvalue weighted by molar-refractivity contribution is 1.39. The summed E-state index contributed by atoms with van der Waals surface area (Å²) in [5.74, 6) is 5.61. The lowest BCUT2D eigenvalue weighted by Crippen LogP contribution is -1.96. The van der Waals surface area contributed by atoms with Crippen molar-refractivity contribution in [2.75, 3.05) is 11.5 Å². The summed E-state index contributed by atoms with van der Waals surface area (Å²) in [7, 11) is 0. The normalized spacial score (nSPS) is 8.57. The summed E-state index contributed by atoms with van der Waals surface area (Å²) in [4.78, 5) is 0. The summed E-state index contributed by atoms with van der Waals surface area (Å²) in [5.41, 5.74) is 14.1. The van der Waals surface area contributed by atoms with E-state index in [1.54, 1.807) is 12.1 Å². The van der Waals surface area contributed by atoms with Crippen LogP contribution in [0.5, 0.6) is 0 Å². The first-order valence-electron chi connectivity index (χ1n) is 4.16. The van der Waals surface area contributed by atoms with Crippen molar-refractivity contribution in [3.63, 3.8) is 0 Å². The zero-order valence-electron chi connectivity index (χ0n) is 7.96. The topological polar surface area (TPSA) is 75.8 Å². The van der Waals surface area contributed by atoms with Gasteiger partial charge in [0.2, 0.25) is 0 Å². The van der Waals surface area contributed by atoms with Gasteiger partial charge in [-0.15, -0.1) is 0 Å². The molecule has 1 aromatic carbocycles. The summed E-state index contributed by atoms with van der Waals surface area (Å²) in [6, 6.07) is 5.47. The molecule has 0 fully saturated rings. The molecule has 0 saturated carbocycles. The van der Waals surface area contributed by atoms with E-state index in [0.717, 1.165) is 11.1 Å². The standard InChI is InChI=1S/C11H11N3/c1-8-6-10(13)11(14)7-9(8)4-2-3-5-12/h6-7H,3,13-14H2,1H3. The van der Waals surface area contributed by atoms with Gasteiger partial charge in [-0.25, -0.2) is 0 Å². The summed E-state index contributed by atoms with van der Waals surface area (Å²) < 4.78 is 0. The van der Waals surface area contributed by atoms with Crippen molar-refractivity contribution >= 4 is 11.4 Å². The maximum atomic E-state index is 8.32. The van der Waals surface area contributed by atoms with Gasteiger partial charge in [-0.1, -0.05) is 11.8 Å². The SMILES string of the molecule is Cc1cc(N)c(N)cc1C#CCC#N. The van der Waals surface area contributed by atoms with Crippen molar-refractivity contribution in [3.8, 4) is 17.9 Å². The number of benzene rings is 1. The minimum atomic E-state index is 0.226. The fourth-order valence-electron chi connectivity index (χ4n) is 1.06. The number of nitriles is 1. The van der Waals surface area contributed by atoms with Crippen molar-refractivity contribution in [1.82, 2.24) is 0 Å². The number of anilines is 2. The molecule has 4 N–H and O–H groups in total. The molecule has 3 nitrogen and oxygen atoms in total. The smallest absolute Gasteiger partial charge is 0.0966 e. The quantitative estimate of drug-likeness (QED) is 0.474. The van der Waals surface area contributed by atoms with Gasteiger partial charge in [-0.05, 0) is 24.6 Å². The molecule has 0 spiro atoms. The lowest BCUT2D eigenvalue weighted by atomic mass is 10.1. The van der Waals surface area contributed by atoms with Crippen LogP contribution >= 0.6 is 0 Å². The first kappa shape index (κ1) is 9.95. The Labute approximate surface area is 83.3 Å². The molecule has 0 radical (unpaired) electrons. The van der Waals surface area contributed by atoms with Gasteiger partial charge in [0.25, 0.3) is 0 Å². The summed E-state index contributed by atoms with van der Waals surface area (Å²) in [6.45, 7) is 1.91. The average molecular weight is 185 g/mol. The van der Waals surface area contributed by atoms with Crippen molar-refractivity contribution < 1.29 is 0 Å². The van der Waals surface area contributed by atoms with E-state index in [0.29, 0.717) is 11.4 Å². The molecular formula is C11H11N3. The zero-order valence-corrected chi connectivity index (χ0v) is 7.96. The van der Waals surface area contributed by atoms with Gasteiger partial charge in [0.15, 0.2) is 0 Å². The molecule has 0 atom stereocenters. The minimum absolute atomic E-state index is 0.226. The maximum absolute atomic E-state index is 8.32. The van der Waals surface area contributed by atoms with Crippen LogP contribution in [0, 0.1) is 30.1 Å². The zero-order chi connectivity index (χ0) is 10.6. The summed E-state index contributed by atoms with van der Waals surface area (Å²) >= 11 is 0. The van der Waals surface area contributed by atoms with Gasteiger partial charge < -0.3 is 11.5 Å². The van der Waals surface area contributed by atoms with E-state index in [-0.39, 0.29) is 6.42 Å². The molecule has 0 amide bonds. The van der Waals surface area contributed by atoms with Gasteiger partial charge in [-0.2, -0.15) is 5.26 Å².